The number of hydrogen-bond acceptors (Lipinski definition) is 3. The molecule has 1 fully saturated rings. The van der Waals surface area contributed by atoms with Crippen LogP contribution >= 0.6 is 11.8 Å². The molecule has 4 unspecified atom stereocenters. The van der Waals surface area contributed by atoms with Gasteiger partial charge in [-0.15, -0.1) is 0 Å². The Morgan fingerprint density at radius 3 is 2.44 bits per heavy atom. The van der Waals surface area contributed by atoms with Crippen molar-refractivity contribution < 1.29 is 9.53 Å². The zero-order valence-electron chi connectivity index (χ0n) is 10.7. The lowest BCUT2D eigenvalue weighted by atomic mass is 9.77. The van der Waals surface area contributed by atoms with Gasteiger partial charge < -0.3 is 4.74 Å². The topological polar surface area (TPSA) is 26.3 Å². The van der Waals surface area contributed by atoms with Crippen LogP contribution < -0.4 is 0 Å². The van der Waals surface area contributed by atoms with Crippen molar-refractivity contribution in [1.29, 1.82) is 0 Å². The molecule has 0 aromatic carbocycles. The molecule has 0 aromatic rings. The van der Waals surface area contributed by atoms with Crippen LogP contribution in [-0.4, -0.2) is 23.6 Å². The molecule has 2 nitrogen and oxygen atoms in total. The van der Waals surface area contributed by atoms with Crippen LogP contribution in [0.15, 0.2) is 12.2 Å². The Morgan fingerprint density at radius 2 is 2.00 bits per heavy atom. The van der Waals surface area contributed by atoms with Crippen LogP contribution in [-0.2, 0) is 9.53 Å². The van der Waals surface area contributed by atoms with Crippen LogP contribution in [0, 0.1) is 11.8 Å². The zero-order valence-corrected chi connectivity index (χ0v) is 11.5. The number of carbonyl (C=O) groups is 1. The van der Waals surface area contributed by atoms with E-state index in [4.69, 9.17) is 4.74 Å². The molecule has 1 aliphatic carbocycles. The summed E-state index contributed by atoms with van der Waals surface area (Å²) in [6, 6.07) is 0. The minimum absolute atomic E-state index is 0.0606. The van der Waals surface area contributed by atoms with E-state index in [2.05, 4.69) is 26.7 Å². The summed E-state index contributed by atoms with van der Waals surface area (Å²) < 4.78 is 5.42. The second-order valence-corrected chi connectivity index (χ2v) is 5.87. The van der Waals surface area contributed by atoms with Crippen LogP contribution in [0.1, 0.15) is 33.6 Å². The third-order valence-corrected chi connectivity index (χ3v) is 4.75. The molecule has 0 spiro atoms. The summed E-state index contributed by atoms with van der Waals surface area (Å²) in [5.41, 5.74) is 1.21. The summed E-state index contributed by atoms with van der Waals surface area (Å²) in [5, 5.41) is 0.569. The molecule has 92 valence electrons. The first-order valence-electron chi connectivity index (χ1n) is 5.81. The molecule has 1 aliphatic rings. The van der Waals surface area contributed by atoms with E-state index in [-0.39, 0.29) is 12.1 Å². The van der Waals surface area contributed by atoms with Crippen LogP contribution in [0.2, 0.25) is 0 Å². The molecule has 0 aromatic heterocycles. The van der Waals surface area contributed by atoms with Crippen LogP contribution in [0.3, 0.4) is 0 Å². The van der Waals surface area contributed by atoms with Gasteiger partial charge in [-0.05, 0) is 31.9 Å². The zero-order chi connectivity index (χ0) is 12.3. The van der Waals surface area contributed by atoms with Gasteiger partial charge in [0, 0.05) is 18.1 Å². The number of carbonyl (C=O) groups excluding carboxylic acids is 1. The Balaban J connectivity index is 2.73. The third kappa shape index (κ3) is 3.27. The maximum Gasteiger partial charge on any atom is 0.302 e. The molecule has 0 N–H and O–H groups in total. The standard InChI is InChI=1S/C13H22O2S/c1-8(2)11-6-12(15-10(4)14)9(3)13(7-11)16-5/h9,11-13H,1,6-7H2,2-5H3. The Bertz CT molecular complexity index is 275. The molecular formula is C13H22O2S. The van der Waals surface area contributed by atoms with Crippen LogP contribution in [0.5, 0.6) is 0 Å². The summed E-state index contributed by atoms with van der Waals surface area (Å²) in [6.07, 6.45) is 4.29. The van der Waals surface area contributed by atoms with E-state index >= 15 is 0 Å². The van der Waals surface area contributed by atoms with Gasteiger partial charge in [0.2, 0.25) is 0 Å². The van der Waals surface area contributed by atoms with Crippen molar-refractivity contribution in [2.75, 3.05) is 6.26 Å². The molecule has 1 saturated carbocycles. The molecule has 3 heteroatoms. The van der Waals surface area contributed by atoms with Crippen molar-refractivity contribution in [2.45, 2.75) is 45.0 Å². The Kier molecular flexibility index (Phi) is 4.90. The lowest BCUT2D eigenvalue weighted by Gasteiger charge is -2.39. The van der Waals surface area contributed by atoms with E-state index in [1.54, 1.807) is 0 Å². The largest absolute Gasteiger partial charge is 0.462 e. The van der Waals surface area contributed by atoms with Gasteiger partial charge >= 0.3 is 5.97 Å². The van der Waals surface area contributed by atoms with E-state index in [9.17, 15) is 4.79 Å². The van der Waals surface area contributed by atoms with Gasteiger partial charge in [0.15, 0.2) is 0 Å². The molecule has 4 atom stereocenters. The third-order valence-electron chi connectivity index (χ3n) is 3.52. The van der Waals surface area contributed by atoms with E-state index in [1.165, 1.54) is 12.5 Å². The van der Waals surface area contributed by atoms with Gasteiger partial charge in [-0.25, -0.2) is 0 Å². The predicted molar refractivity (Wildman–Crippen MR) is 69.6 cm³/mol. The summed E-state index contributed by atoms with van der Waals surface area (Å²) in [4.78, 5) is 11.1. The van der Waals surface area contributed by atoms with E-state index in [0.717, 1.165) is 12.8 Å². The normalized spacial score (nSPS) is 34.5. The first-order valence-corrected chi connectivity index (χ1v) is 7.10. The fraction of sp³-hybridized carbons (Fsp3) is 0.769. The van der Waals surface area contributed by atoms with Crippen molar-refractivity contribution in [3.8, 4) is 0 Å². The quantitative estimate of drug-likeness (QED) is 0.561. The molecule has 0 saturated heterocycles. The van der Waals surface area contributed by atoms with Gasteiger partial charge in [-0.2, -0.15) is 11.8 Å². The monoisotopic (exact) mass is 242 g/mol. The molecule has 0 amide bonds. The maximum atomic E-state index is 11.1. The highest BCUT2D eigenvalue weighted by atomic mass is 32.2. The van der Waals surface area contributed by atoms with Crippen molar-refractivity contribution in [3.63, 3.8) is 0 Å². The van der Waals surface area contributed by atoms with Gasteiger partial charge in [0.1, 0.15) is 6.10 Å². The molecule has 1 rings (SSSR count). The minimum atomic E-state index is -0.168. The van der Waals surface area contributed by atoms with Crippen molar-refractivity contribution in [3.05, 3.63) is 12.2 Å². The number of esters is 1. The summed E-state index contributed by atoms with van der Waals surface area (Å²) in [6.45, 7) is 9.78. The van der Waals surface area contributed by atoms with Crippen LogP contribution in [0.25, 0.3) is 0 Å². The second-order valence-electron chi connectivity index (χ2n) is 4.80. The molecule has 0 aliphatic heterocycles. The second kappa shape index (κ2) is 5.76. The average Bonchev–Trinajstić information content (AvgIpc) is 2.20. The van der Waals surface area contributed by atoms with Gasteiger partial charge in [0.05, 0.1) is 0 Å². The SMILES string of the molecule is C=C(C)C1CC(OC(C)=O)C(C)C(SC)C1. The Hall–Kier alpha value is -0.440. The van der Waals surface area contributed by atoms with Gasteiger partial charge in [-0.1, -0.05) is 19.1 Å². The maximum absolute atomic E-state index is 11.1. The number of hydrogen-bond donors (Lipinski definition) is 0. The van der Waals surface area contributed by atoms with Crippen molar-refractivity contribution in [2.24, 2.45) is 11.8 Å². The number of thioether (sulfide) groups is 1. The number of allylic oxidation sites excluding steroid dienone is 1. The van der Waals surface area contributed by atoms with Crippen molar-refractivity contribution in [1.82, 2.24) is 0 Å². The van der Waals surface area contributed by atoms with Crippen LogP contribution in [0.4, 0.5) is 0 Å². The van der Waals surface area contributed by atoms with E-state index in [1.807, 2.05) is 11.8 Å². The lowest BCUT2D eigenvalue weighted by Crippen LogP contribution is -2.39. The summed E-state index contributed by atoms with van der Waals surface area (Å²) in [7, 11) is 0. The molecule has 0 heterocycles. The fourth-order valence-corrected chi connectivity index (χ4v) is 3.44. The summed E-state index contributed by atoms with van der Waals surface area (Å²) >= 11 is 1.87. The first kappa shape index (κ1) is 13.6. The van der Waals surface area contributed by atoms with E-state index < -0.39 is 0 Å². The lowest BCUT2D eigenvalue weighted by molar-refractivity contribution is -0.150. The molecule has 16 heavy (non-hydrogen) atoms. The highest BCUT2D eigenvalue weighted by Crippen LogP contribution is 2.39. The van der Waals surface area contributed by atoms with E-state index in [0.29, 0.717) is 17.1 Å². The molecular weight excluding hydrogens is 220 g/mol. The average molecular weight is 242 g/mol. The Morgan fingerprint density at radius 1 is 1.38 bits per heavy atom. The van der Waals surface area contributed by atoms with Gasteiger partial charge in [0.25, 0.3) is 0 Å². The smallest absolute Gasteiger partial charge is 0.302 e. The van der Waals surface area contributed by atoms with Crippen molar-refractivity contribution >= 4 is 17.7 Å². The Labute approximate surface area is 103 Å². The summed E-state index contributed by atoms with van der Waals surface area (Å²) in [5.74, 6) is 0.770. The number of ether oxygens (including phenoxy) is 1. The highest BCUT2D eigenvalue weighted by Gasteiger charge is 2.36. The fourth-order valence-electron chi connectivity index (χ4n) is 2.41. The predicted octanol–water partition coefficient (Wildman–Crippen LogP) is 3.27. The highest BCUT2D eigenvalue weighted by molar-refractivity contribution is 7.99. The van der Waals surface area contributed by atoms with Gasteiger partial charge in [-0.3, -0.25) is 4.79 Å². The molecule has 0 bridgehead atoms. The number of rotatable bonds is 3. The minimum Gasteiger partial charge on any atom is -0.462 e. The first-order chi connectivity index (χ1) is 7.45. The molecule has 0 radical (unpaired) electrons.